The van der Waals surface area contributed by atoms with Crippen molar-refractivity contribution in [1.82, 2.24) is 0 Å². The molecule has 0 unspecified atom stereocenters. The van der Waals surface area contributed by atoms with Crippen LogP contribution >= 0.6 is 0 Å². The predicted molar refractivity (Wildman–Crippen MR) is 95.4 cm³/mol. The van der Waals surface area contributed by atoms with Crippen LogP contribution in [0.15, 0.2) is 60.8 Å². The van der Waals surface area contributed by atoms with Gasteiger partial charge >= 0.3 is 5.97 Å². The zero-order chi connectivity index (χ0) is 17.5. The Labute approximate surface area is 142 Å². The number of esters is 1. The van der Waals surface area contributed by atoms with E-state index in [0.717, 1.165) is 5.69 Å². The molecule has 0 bridgehead atoms. The predicted octanol–water partition coefficient (Wildman–Crippen LogP) is 4.41. The van der Waals surface area contributed by atoms with Gasteiger partial charge in [-0.05, 0) is 35.7 Å². The number of ketones is 1. The number of ether oxygens (including phenoxy) is 1. The van der Waals surface area contributed by atoms with Crippen molar-refractivity contribution in [2.75, 3.05) is 12.4 Å². The molecule has 0 aromatic heterocycles. The highest BCUT2D eigenvalue weighted by Crippen LogP contribution is 2.15. The maximum atomic E-state index is 12.1. The number of rotatable bonds is 6. The Bertz CT molecular complexity index is 728. The van der Waals surface area contributed by atoms with Crippen molar-refractivity contribution >= 4 is 17.4 Å². The SMILES string of the molecule is COC(=O)c1ccc(N/C=C/C(=O)c2ccc(C(C)C)cc2)cc1. The van der Waals surface area contributed by atoms with Crippen LogP contribution in [0, 0.1) is 0 Å². The molecule has 0 aliphatic heterocycles. The van der Waals surface area contributed by atoms with Crippen molar-refractivity contribution in [2.24, 2.45) is 0 Å². The number of hydrogen-bond donors (Lipinski definition) is 1. The minimum Gasteiger partial charge on any atom is -0.465 e. The van der Waals surface area contributed by atoms with Gasteiger partial charge in [-0.15, -0.1) is 0 Å². The summed E-state index contributed by atoms with van der Waals surface area (Å²) >= 11 is 0. The van der Waals surface area contributed by atoms with Crippen molar-refractivity contribution in [3.63, 3.8) is 0 Å². The van der Waals surface area contributed by atoms with Crippen LogP contribution in [-0.4, -0.2) is 18.9 Å². The smallest absolute Gasteiger partial charge is 0.337 e. The number of methoxy groups -OCH3 is 1. The van der Waals surface area contributed by atoms with Gasteiger partial charge in [-0.25, -0.2) is 4.79 Å². The average Bonchev–Trinajstić information content (AvgIpc) is 2.61. The molecule has 24 heavy (non-hydrogen) atoms. The van der Waals surface area contributed by atoms with Gasteiger partial charge in [-0.2, -0.15) is 0 Å². The number of benzene rings is 2. The van der Waals surface area contributed by atoms with Gasteiger partial charge < -0.3 is 10.1 Å². The molecule has 2 aromatic carbocycles. The van der Waals surface area contributed by atoms with E-state index in [0.29, 0.717) is 17.0 Å². The fourth-order valence-electron chi connectivity index (χ4n) is 2.16. The maximum absolute atomic E-state index is 12.1. The Kier molecular flexibility index (Phi) is 5.90. The van der Waals surface area contributed by atoms with Crippen molar-refractivity contribution in [2.45, 2.75) is 19.8 Å². The first-order chi connectivity index (χ1) is 11.5. The Balaban J connectivity index is 1.95. The quantitative estimate of drug-likeness (QED) is 0.486. The Morgan fingerprint density at radius 2 is 1.54 bits per heavy atom. The summed E-state index contributed by atoms with van der Waals surface area (Å²) in [5, 5.41) is 3.01. The molecule has 0 spiro atoms. The van der Waals surface area contributed by atoms with Crippen molar-refractivity contribution in [3.8, 4) is 0 Å². The number of nitrogens with one attached hydrogen (secondary N) is 1. The van der Waals surface area contributed by atoms with Crippen LogP contribution in [0.25, 0.3) is 0 Å². The van der Waals surface area contributed by atoms with E-state index in [9.17, 15) is 9.59 Å². The second-order valence-electron chi connectivity index (χ2n) is 5.69. The molecule has 0 aliphatic rings. The van der Waals surface area contributed by atoms with Gasteiger partial charge in [0.05, 0.1) is 12.7 Å². The molecular weight excluding hydrogens is 302 g/mol. The van der Waals surface area contributed by atoms with Crippen molar-refractivity contribution < 1.29 is 14.3 Å². The molecule has 4 heteroatoms. The zero-order valence-electron chi connectivity index (χ0n) is 14.1. The van der Waals surface area contributed by atoms with Crippen LogP contribution < -0.4 is 5.32 Å². The lowest BCUT2D eigenvalue weighted by molar-refractivity contribution is 0.0600. The van der Waals surface area contributed by atoms with Crippen LogP contribution in [0.4, 0.5) is 5.69 Å². The summed E-state index contributed by atoms with van der Waals surface area (Å²) in [6.45, 7) is 4.23. The number of anilines is 1. The summed E-state index contributed by atoms with van der Waals surface area (Å²) < 4.78 is 4.64. The summed E-state index contributed by atoms with van der Waals surface area (Å²) in [4.78, 5) is 23.5. The van der Waals surface area contributed by atoms with Crippen LogP contribution in [-0.2, 0) is 4.74 Å². The number of carbonyl (C=O) groups excluding carboxylic acids is 2. The lowest BCUT2D eigenvalue weighted by atomic mass is 10.0. The summed E-state index contributed by atoms with van der Waals surface area (Å²) in [5.41, 5.74) is 3.12. The fraction of sp³-hybridized carbons (Fsp3) is 0.200. The molecule has 4 nitrogen and oxygen atoms in total. The number of allylic oxidation sites excluding steroid dienone is 1. The Morgan fingerprint density at radius 3 is 2.08 bits per heavy atom. The Morgan fingerprint density at radius 1 is 0.958 bits per heavy atom. The largest absolute Gasteiger partial charge is 0.465 e. The van der Waals surface area contributed by atoms with Crippen LogP contribution in [0.1, 0.15) is 46.0 Å². The molecule has 0 amide bonds. The topological polar surface area (TPSA) is 55.4 Å². The second kappa shape index (κ2) is 8.11. The standard InChI is InChI=1S/C20H21NO3/c1-14(2)15-4-6-16(7-5-15)19(22)12-13-21-18-10-8-17(9-11-18)20(23)24-3/h4-14,21H,1-3H3/b13-12+. The normalized spacial score (nSPS) is 10.8. The summed E-state index contributed by atoms with van der Waals surface area (Å²) in [6, 6.07) is 14.5. The van der Waals surface area contributed by atoms with E-state index in [4.69, 9.17) is 0 Å². The van der Waals surface area contributed by atoms with Crippen LogP contribution in [0.3, 0.4) is 0 Å². The van der Waals surface area contributed by atoms with Gasteiger partial charge in [0.15, 0.2) is 5.78 Å². The van der Waals surface area contributed by atoms with Crippen LogP contribution in [0.5, 0.6) is 0 Å². The highest BCUT2D eigenvalue weighted by molar-refractivity contribution is 6.04. The first-order valence-corrected chi connectivity index (χ1v) is 7.77. The van der Waals surface area contributed by atoms with Crippen molar-refractivity contribution in [3.05, 3.63) is 77.5 Å². The highest BCUT2D eigenvalue weighted by Gasteiger charge is 2.05. The molecule has 0 saturated heterocycles. The molecule has 0 heterocycles. The third kappa shape index (κ3) is 4.56. The van der Waals surface area contributed by atoms with E-state index in [1.807, 2.05) is 24.3 Å². The van der Waals surface area contributed by atoms with E-state index in [2.05, 4.69) is 23.9 Å². The average molecular weight is 323 g/mol. The molecule has 1 N–H and O–H groups in total. The highest BCUT2D eigenvalue weighted by atomic mass is 16.5. The Hall–Kier alpha value is -2.88. The summed E-state index contributed by atoms with van der Waals surface area (Å²) in [7, 11) is 1.34. The monoisotopic (exact) mass is 323 g/mol. The van der Waals surface area contributed by atoms with E-state index in [1.54, 1.807) is 30.5 Å². The number of hydrogen-bond acceptors (Lipinski definition) is 4. The third-order valence-electron chi connectivity index (χ3n) is 3.65. The first-order valence-electron chi connectivity index (χ1n) is 7.77. The van der Waals surface area contributed by atoms with Crippen LogP contribution in [0.2, 0.25) is 0 Å². The van der Waals surface area contributed by atoms with Gasteiger partial charge in [0.1, 0.15) is 0 Å². The molecule has 2 aromatic rings. The van der Waals surface area contributed by atoms with E-state index in [-0.39, 0.29) is 11.8 Å². The molecule has 2 rings (SSSR count). The lowest BCUT2D eigenvalue weighted by Gasteiger charge is -2.05. The molecule has 0 fully saturated rings. The van der Waals surface area contributed by atoms with E-state index < -0.39 is 0 Å². The zero-order valence-corrected chi connectivity index (χ0v) is 14.1. The molecule has 124 valence electrons. The maximum Gasteiger partial charge on any atom is 0.337 e. The molecule has 0 radical (unpaired) electrons. The molecule has 0 saturated carbocycles. The van der Waals surface area contributed by atoms with E-state index >= 15 is 0 Å². The van der Waals surface area contributed by atoms with Gasteiger partial charge in [0, 0.05) is 23.5 Å². The third-order valence-corrected chi connectivity index (χ3v) is 3.65. The molecule has 0 atom stereocenters. The summed E-state index contributed by atoms with van der Waals surface area (Å²) in [6.07, 6.45) is 3.07. The minimum absolute atomic E-state index is 0.0658. The fourth-order valence-corrected chi connectivity index (χ4v) is 2.16. The molecular formula is C20H21NO3. The van der Waals surface area contributed by atoms with Crippen molar-refractivity contribution in [1.29, 1.82) is 0 Å². The number of carbonyl (C=O) groups is 2. The van der Waals surface area contributed by atoms with Gasteiger partial charge in [-0.1, -0.05) is 38.1 Å². The lowest BCUT2D eigenvalue weighted by Crippen LogP contribution is -2.01. The minimum atomic E-state index is -0.378. The van der Waals surface area contributed by atoms with Gasteiger partial charge in [0.2, 0.25) is 0 Å². The first kappa shape index (κ1) is 17.5. The molecule has 0 aliphatic carbocycles. The summed E-state index contributed by atoms with van der Waals surface area (Å²) in [5.74, 6) is 0.000392. The van der Waals surface area contributed by atoms with Gasteiger partial charge in [0.25, 0.3) is 0 Å². The van der Waals surface area contributed by atoms with E-state index in [1.165, 1.54) is 18.7 Å². The van der Waals surface area contributed by atoms with Gasteiger partial charge in [-0.3, -0.25) is 4.79 Å². The second-order valence-corrected chi connectivity index (χ2v) is 5.69.